The van der Waals surface area contributed by atoms with E-state index in [1.807, 2.05) is 11.6 Å². The molecule has 0 saturated heterocycles. The van der Waals surface area contributed by atoms with Gasteiger partial charge in [0.1, 0.15) is 0 Å². The lowest BCUT2D eigenvalue weighted by Gasteiger charge is -2.29. The molecule has 0 fully saturated rings. The monoisotopic (exact) mass is 335 g/mol. The summed E-state index contributed by atoms with van der Waals surface area (Å²) in [7, 11) is 0. The van der Waals surface area contributed by atoms with Crippen molar-refractivity contribution in [1.82, 2.24) is 9.78 Å². The molecule has 0 spiro atoms. The van der Waals surface area contributed by atoms with Crippen LogP contribution >= 0.6 is 0 Å². The first-order valence-corrected chi connectivity index (χ1v) is 9.07. The summed E-state index contributed by atoms with van der Waals surface area (Å²) >= 11 is 0. The fourth-order valence-corrected chi connectivity index (χ4v) is 4.05. The van der Waals surface area contributed by atoms with Gasteiger partial charge in [-0.1, -0.05) is 32.1 Å². The summed E-state index contributed by atoms with van der Waals surface area (Å²) in [4.78, 5) is 12.6. The molecule has 0 bridgehead atoms. The Morgan fingerprint density at radius 2 is 1.96 bits per heavy atom. The number of aromatic nitrogens is 2. The SMILES string of the molecule is Cc1nn(-c2cccc(NC3CC=CC3)c2)c2c1C(=O)CC(C)(C)C2. The summed E-state index contributed by atoms with van der Waals surface area (Å²) in [6, 6.07) is 8.83. The Bertz CT molecular complexity index is 852. The highest BCUT2D eigenvalue weighted by atomic mass is 16.1. The van der Waals surface area contributed by atoms with Crippen LogP contribution in [0.3, 0.4) is 0 Å². The van der Waals surface area contributed by atoms with Gasteiger partial charge in [-0.15, -0.1) is 0 Å². The van der Waals surface area contributed by atoms with Crippen molar-refractivity contribution in [2.45, 2.75) is 52.5 Å². The maximum atomic E-state index is 12.6. The summed E-state index contributed by atoms with van der Waals surface area (Å²) in [5.41, 5.74) is 4.84. The van der Waals surface area contributed by atoms with Crippen molar-refractivity contribution in [2.75, 3.05) is 5.32 Å². The van der Waals surface area contributed by atoms with Crippen molar-refractivity contribution in [3.63, 3.8) is 0 Å². The Kier molecular flexibility index (Phi) is 3.78. The second-order valence-corrected chi connectivity index (χ2v) is 8.09. The zero-order valence-corrected chi connectivity index (χ0v) is 15.2. The molecule has 0 radical (unpaired) electrons. The summed E-state index contributed by atoms with van der Waals surface area (Å²) in [5, 5.41) is 8.30. The van der Waals surface area contributed by atoms with E-state index in [9.17, 15) is 4.79 Å². The second kappa shape index (κ2) is 5.87. The van der Waals surface area contributed by atoms with Gasteiger partial charge in [0.25, 0.3) is 0 Å². The minimum Gasteiger partial charge on any atom is -0.382 e. The molecule has 4 rings (SSSR count). The predicted molar refractivity (Wildman–Crippen MR) is 101 cm³/mol. The number of hydrogen-bond acceptors (Lipinski definition) is 3. The zero-order valence-electron chi connectivity index (χ0n) is 15.2. The maximum Gasteiger partial charge on any atom is 0.167 e. The van der Waals surface area contributed by atoms with Crippen LogP contribution in [0.25, 0.3) is 5.69 Å². The van der Waals surface area contributed by atoms with Gasteiger partial charge in [-0.25, -0.2) is 4.68 Å². The van der Waals surface area contributed by atoms with Gasteiger partial charge < -0.3 is 5.32 Å². The van der Waals surface area contributed by atoms with Gasteiger partial charge in [0.2, 0.25) is 0 Å². The molecule has 0 unspecified atom stereocenters. The van der Waals surface area contributed by atoms with E-state index in [1.54, 1.807) is 0 Å². The Balaban J connectivity index is 1.71. The lowest BCUT2D eigenvalue weighted by atomic mass is 9.75. The Hall–Kier alpha value is -2.36. The van der Waals surface area contributed by atoms with Gasteiger partial charge in [-0.05, 0) is 49.8 Å². The van der Waals surface area contributed by atoms with Gasteiger partial charge in [0.05, 0.1) is 22.6 Å². The number of carbonyl (C=O) groups excluding carboxylic acids is 1. The number of ketones is 1. The van der Waals surface area contributed by atoms with Crippen molar-refractivity contribution in [2.24, 2.45) is 5.41 Å². The van der Waals surface area contributed by atoms with Gasteiger partial charge in [0.15, 0.2) is 5.78 Å². The van der Waals surface area contributed by atoms with Crippen molar-refractivity contribution < 1.29 is 4.79 Å². The third kappa shape index (κ3) is 3.01. The maximum absolute atomic E-state index is 12.6. The molecule has 130 valence electrons. The molecule has 0 atom stereocenters. The van der Waals surface area contributed by atoms with Crippen LogP contribution < -0.4 is 5.32 Å². The minimum absolute atomic E-state index is 0.0142. The largest absolute Gasteiger partial charge is 0.382 e. The number of fused-ring (bicyclic) bond motifs is 1. The molecule has 0 aliphatic heterocycles. The summed E-state index contributed by atoms with van der Waals surface area (Å²) < 4.78 is 1.97. The number of benzene rings is 1. The molecule has 1 heterocycles. The standard InChI is InChI=1S/C21H25N3O/c1-14-20-18(12-21(2,3)13-19(20)25)24(23-14)17-10-6-9-16(11-17)22-15-7-4-5-8-15/h4-6,9-11,15,22H,7-8,12-13H2,1-3H3. The molecule has 4 heteroatoms. The van der Waals surface area contributed by atoms with Crippen LogP contribution in [0.5, 0.6) is 0 Å². The number of carbonyl (C=O) groups is 1. The number of nitrogens with zero attached hydrogens (tertiary/aromatic N) is 2. The smallest absolute Gasteiger partial charge is 0.167 e. The Labute approximate surface area is 148 Å². The van der Waals surface area contributed by atoms with Crippen molar-refractivity contribution in [3.05, 3.63) is 53.4 Å². The highest BCUT2D eigenvalue weighted by Crippen LogP contribution is 2.37. The van der Waals surface area contributed by atoms with Gasteiger partial charge in [-0.2, -0.15) is 5.10 Å². The highest BCUT2D eigenvalue weighted by molar-refractivity contribution is 5.99. The van der Waals surface area contributed by atoms with Crippen LogP contribution in [-0.2, 0) is 6.42 Å². The average molecular weight is 335 g/mol. The third-order valence-corrected chi connectivity index (χ3v) is 5.19. The van der Waals surface area contributed by atoms with Crippen molar-refractivity contribution in [1.29, 1.82) is 0 Å². The Morgan fingerprint density at radius 3 is 2.72 bits per heavy atom. The quantitative estimate of drug-likeness (QED) is 0.842. The zero-order chi connectivity index (χ0) is 17.6. The van der Waals surface area contributed by atoms with Crippen LogP contribution in [0.2, 0.25) is 0 Å². The van der Waals surface area contributed by atoms with E-state index in [4.69, 9.17) is 5.10 Å². The number of Topliss-reactive ketones (excluding diaryl/α,β-unsaturated/α-hetero) is 1. The first-order chi connectivity index (χ1) is 11.9. The van der Waals surface area contributed by atoms with Crippen molar-refractivity contribution >= 4 is 11.5 Å². The minimum atomic E-state index is -0.0142. The van der Waals surface area contributed by atoms with Crippen LogP contribution in [0.4, 0.5) is 5.69 Å². The molecular formula is C21H25N3O. The first-order valence-electron chi connectivity index (χ1n) is 9.07. The number of nitrogens with one attached hydrogen (secondary N) is 1. The molecule has 0 saturated carbocycles. The fraction of sp³-hybridized carbons (Fsp3) is 0.429. The molecule has 4 nitrogen and oxygen atoms in total. The molecule has 1 aromatic carbocycles. The topological polar surface area (TPSA) is 46.9 Å². The number of rotatable bonds is 3. The summed E-state index contributed by atoms with van der Waals surface area (Å²) in [6.07, 6.45) is 8.07. The van der Waals surface area contributed by atoms with Crippen molar-refractivity contribution in [3.8, 4) is 5.69 Å². The van der Waals surface area contributed by atoms with E-state index in [0.717, 1.165) is 47.6 Å². The van der Waals surface area contributed by atoms with Gasteiger partial charge in [0, 0.05) is 18.2 Å². The lowest BCUT2D eigenvalue weighted by Crippen LogP contribution is -2.28. The highest BCUT2D eigenvalue weighted by Gasteiger charge is 2.35. The normalized spacial score (nSPS) is 19.2. The van der Waals surface area contributed by atoms with Crippen LogP contribution in [0, 0.1) is 12.3 Å². The molecule has 2 aliphatic rings. The van der Waals surface area contributed by atoms with E-state index in [-0.39, 0.29) is 11.2 Å². The van der Waals surface area contributed by atoms with E-state index in [1.165, 1.54) is 0 Å². The van der Waals surface area contributed by atoms with Crippen LogP contribution in [-0.4, -0.2) is 21.6 Å². The first kappa shape index (κ1) is 16.1. The van der Waals surface area contributed by atoms with Crippen LogP contribution in [0.15, 0.2) is 36.4 Å². The lowest BCUT2D eigenvalue weighted by molar-refractivity contribution is 0.0910. The van der Waals surface area contributed by atoms with Gasteiger partial charge in [-0.3, -0.25) is 4.79 Å². The average Bonchev–Trinajstić information content (AvgIpc) is 3.14. The summed E-state index contributed by atoms with van der Waals surface area (Å²) in [5.74, 6) is 0.223. The van der Waals surface area contributed by atoms with E-state index >= 15 is 0 Å². The summed E-state index contributed by atoms with van der Waals surface area (Å²) in [6.45, 7) is 6.26. The third-order valence-electron chi connectivity index (χ3n) is 5.19. The molecular weight excluding hydrogens is 310 g/mol. The van der Waals surface area contributed by atoms with E-state index in [2.05, 4.69) is 55.6 Å². The van der Waals surface area contributed by atoms with E-state index in [0.29, 0.717) is 12.5 Å². The van der Waals surface area contributed by atoms with Gasteiger partial charge >= 0.3 is 0 Å². The Morgan fingerprint density at radius 1 is 1.20 bits per heavy atom. The second-order valence-electron chi connectivity index (χ2n) is 8.09. The molecule has 25 heavy (non-hydrogen) atoms. The molecule has 2 aliphatic carbocycles. The number of hydrogen-bond donors (Lipinski definition) is 1. The fourth-order valence-electron chi connectivity index (χ4n) is 4.05. The molecule has 2 aromatic rings. The number of aryl methyl sites for hydroxylation is 1. The molecule has 1 aromatic heterocycles. The molecule has 1 N–H and O–H groups in total. The molecule has 0 amide bonds. The number of anilines is 1. The van der Waals surface area contributed by atoms with Crippen LogP contribution in [0.1, 0.15) is 54.9 Å². The predicted octanol–water partition coefficient (Wildman–Crippen LogP) is 4.47. The van der Waals surface area contributed by atoms with E-state index < -0.39 is 0 Å².